The van der Waals surface area contributed by atoms with Gasteiger partial charge in [-0.15, -0.1) is 0 Å². The highest BCUT2D eigenvalue weighted by Crippen LogP contribution is 2.38. The smallest absolute Gasteiger partial charge is 0.246 e. The molecule has 1 atom stereocenters. The average molecular weight is 196 g/mol. The normalized spacial score (nSPS) is 46.7. The molecule has 0 unspecified atom stereocenters. The molecule has 1 N–H and O–H groups in total. The van der Waals surface area contributed by atoms with Crippen LogP contribution in [0, 0.1) is 5.92 Å². The zero-order chi connectivity index (χ0) is 9.60. The average Bonchev–Trinajstić information content (AvgIpc) is 2.25. The van der Waals surface area contributed by atoms with Crippen molar-refractivity contribution < 1.29 is 9.53 Å². The lowest BCUT2D eigenvalue weighted by molar-refractivity contribution is -0.177. The van der Waals surface area contributed by atoms with Gasteiger partial charge in [0.05, 0.1) is 0 Å². The molecule has 4 saturated heterocycles. The minimum absolute atomic E-state index is 0.0343. The minimum atomic E-state index is -0.0512. The van der Waals surface area contributed by atoms with Crippen molar-refractivity contribution in [1.82, 2.24) is 10.2 Å². The molecule has 0 aromatic rings. The predicted molar refractivity (Wildman–Crippen MR) is 50.9 cm³/mol. The summed E-state index contributed by atoms with van der Waals surface area (Å²) in [5, 5.41) is 2.94. The van der Waals surface area contributed by atoms with Gasteiger partial charge >= 0.3 is 0 Å². The molecule has 0 radical (unpaired) electrons. The molecule has 1 amide bonds. The van der Waals surface area contributed by atoms with Crippen LogP contribution in [0.1, 0.15) is 12.8 Å². The molecule has 4 heteroatoms. The number of piperidine rings is 3. The second-order valence-corrected chi connectivity index (χ2v) is 4.68. The number of fused-ring (bicyclic) bond motifs is 2. The summed E-state index contributed by atoms with van der Waals surface area (Å²) in [4.78, 5) is 13.5. The van der Waals surface area contributed by atoms with Crippen molar-refractivity contribution in [2.24, 2.45) is 5.92 Å². The lowest BCUT2D eigenvalue weighted by Crippen LogP contribution is -2.67. The van der Waals surface area contributed by atoms with Gasteiger partial charge in [0.1, 0.15) is 12.2 Å². The van der Waals surface area contributed by atoms with Gasteiger partial charge < -0.3 is 15.0 Å². The monoisotopic (exact) mass is 196 g/mol. The molecule has 0 aromatic heterocycles. The third-order valence-corrected chi connectivity index (χ3v) is 3.90. The first kappa shape index (κ1) is 8.68. The van der Waals surface area contributed by atoms with E-state index in [1.165, 1.54) is 25.9 Å². The summed E-state index contributed by atoms with van der Waals surface area (Å²) in [5.74, 6) is 0.695. The van der Waals surface area contributed by atoms with Crippen LogP contribution in [0.15, 0.2) is 0 Å². The Balaban J connectivity index is 1.79. The number of carbonyl (C=O) groups excluding carboxylic acids is 1. The van der Waals surface area contributed by atoms with Crippen LogP contribution in [0.3, 0.4) is 0 Å². The van der Waals surface area contributed by atoms with E-state index in [2.05, 4.69) is 10.2 Å². The number of carbonyl (C=O) groups is 1. The lowest BCUT2D eigenvalue weighted by Gasteiger charge is -2.54. The number of rotatable bonds is 0. The predicted octanol–water partition coefficient (Wildman–Crippen LogP) is -0.403. The summed E-state index contributed by atoms with van der Waals surface area (Å²) in [7, 11) is 0. The van der Waals surface area contributed by atoms with Crippen molar-refractivity contribution in [2.45, 2.75) is 18.4 Å². The van der Waals surface area contributed by atoms with Crippen molar-refractivity contribution >= 4 is 5.91 Å². The molecule has 2 bridgehead atoms. The largest absolute Gasteiger partial charge is 0.362 e. The van der Waals surface area contributed by atoms with Gasteiger partial charge in [-0.3, -0.25) is 4.79 Å². The summed E-state index contributed by atoms with van der Waals surface area (Å²) >= 11 is 0. The number of ether oxygens (including phenoxy) is 1. The molecule has 0 aliphatic carbocycles. The fourth-order valence-electron chi connectivity index (χ4n) is 3.05. The van der Waals surface area contributed by atoms with Crippen molar-refractivity contribution in [1.29, 1.82) is 0 Å². The summed E-state index contributed by atoms with van der Waals surface area (Å²) in [6.45, 7) is 4.41. The highest BCUT2D eigenvalue weighted by Gasteiger charge is 2.49. The molecule has 0 saturated carbocycles. The first-order chi connectivity index (χ1) is 6.78. The summed E-state index contributed by atoms with van der Waals surface area (Å²) in [6, 6.07) is 0. The Morgan fingerprint density at radius 2 is 2.21 bits per heavy atom. The molecule has 0 aromatic carbocycles. The fraction of sp³-hybridized carbons (Fsp3) is 0.900. The SMILES string of the molecule is O=C1CO[C@]2(CN1)CN1CCC2CC1. The molecular weight excluding hydrogens is 180 g/mol. The van der Waals surface area contributed by atoms with E-state index < -0.39 is 0 Å². The Morgan fingerprint density at radius 3 is 2.71 bits per heavy atom. The van der Waals surface area contributed by atoms with E-state index in [1.807, 2.05) is 0 Å². The molecule has 4 fully saturated rings. The molecular formula is C10H16N2O2. The Bertz CT molecular complexity index is 249. The molecule has 4 aliphatic heterocycles. The van der Waals surface area contributed by atoms with E-state index in [0.717, 1.165) is 6.54 Å². The van der Waals surface area contributed by atoms with Crippen LogP contribution in [-0.2, 0) is 9.53 Å². The van der Waals surface area contributed by atoms with Crippen LogP contribution in [0.4, 0.5) is 0 Å². The van der Waals surface area contributed by atoms with Crippen molar-refractivity contribution in [3.63, 3.8) is 0 Å². The van der Waals surface area contributed by atoms with Gasteiger partial charge in [0, 0.05) is 13.1 Å². The maximum atomic E-state index is 11.0. The second-order valence-electron chi connectivity index (χ2n) is 4.68. The van der Waals surface area contributed by atoms with Crippen LogP contribution in [-0.4, -0.2) is 49.2 Å². The molecule has 4 aliphatic rings. The topological polar surface area (TPSA) is 41.6 Å². The first-order valence-corrected chi connectivity index (χ1v) is 5.41. The van der Waals surface area contributed by atoms with E-state index in [4.69, 9.17) is 4.74 Å². The fourth-order valence-corrected chi connectivity index (χ4v) is 3.05. The van der Waals surface area contributed by atoms with Gasteiger partial charge in [-0.25, -0.2) is 0 Å². The Hall–Kier alpha value is -0.610. The molecule has 4 heterocycles. The number of nitrogens with zero attached hydrogens (tertiary/aromatic N) is 1. The molecule has 1 spiro atoms. The van der Waals surface area contributed by atoms with E-state index in [1.54, 1.807) is 0 Å². The van der Waals surface area contributed by atoms with Crippen LogP contribution in [0.25, 0.3) is 0 Å². The lowest BCUT2D eigenvalue weighted by atomic mass is 9.74. The minimum Gasteiger partial charge on any atom is -0.362 e. The third kappa shape index (κ3) is 1.17. The number of hydrogen-bond donors (Lipinski definition) is 1. The standard InChI is InChI=1S/C10H16N2O2/c13-9-5-14-10(6-11-9)7-12-3-1-8(10)2-4-12/h8H,1-7H2,(H,11,13)/t10-/m1/s1. The first-order valence-electron chi connectivity index (χ1n) is 5.41. The Kier molecular flexibility index (Phi) is 1.82. The third-order valence-electron chi connectivity index (χ3n) is 3.90. The zero-order valence-electron chi connectivity index (χ0n) is 8.29. The van der Waals surface area contributed by atoms with Gasteiger partial charge in [-0.1, -0.05) is 0 Å². The number of morpholine rings is 1. The quantitative estimate of drug-likeness (QED) is 0.573. The molecule has 78 valence electrons. The highest BCUT2D eigenvalue weighted by atomic mass is 16.5. The van der Waals surface area contributed by atoms with E-state index >= 15 is 0 Å². The van der Waals surface area contributed by atoms with Gasteiger partial charge in [-0.2, -0.15) is 0 Å². The van der Waals surface area contributed by atoms with Gasteiger partial charge in [0.25, 0.3) is 0 Å². The maximum Gasteiger partial charge on any atom is 0.246 e. The van der Waals surface area contributed by atoms with Crippen LogP contribution >= 0.6 is 0 Å². The summed E-state index contributed by atoms with van der Waals surface area (Å²) in [6.07, 6.45) is 2.46. The number of nitrogens with one attached hydrogen (secondary N) is 1. The number of amides is 1. The molecule has 14 heavy (non-hydrogen) atoms. The van der Waals surface area contributed by atoms with Gasteiger partial charge in [0.15, 0.2) is 0 Å². The van der Waals surface area contributed by atoms with Crippen LogP contribution in [0.5, 0.6) is 0 Å². The highest BCUT2D eigenvalue weighted by molar-refractivity contribution is 5.78. The van der Waals surface area contributed by atoms with Crippen molar-refractivity contribution in [2.75, 3.05) is 32.8 Å². The molecule has 4 nitrogen and oxygen atoms in total. The Morgan fingerprint density at radius 1 is 1.43 bits per heavy atom. The van der Waals surface area contributed by atoms with Gasteiger partial charge in [0.2, 0.25) is 5.91 Å². The second kappa shape index (κ2) is 2.94. The van der Waals surface area contributed by atoms with Crippen LogP contribution < -0.4 is 5.32 Å². The van der Waals surface area contributed by atoms with Gasteiger partial charge in [-0.05, 0) is 31.8 Å². The van der Waals surface area contributed by atoms with E-state index in [9.17, 15) is 4.79 Å². The zero-order valence-corrected chi connectivity index (χ0v) is 8.29. The van der Waals surface area contributed by atoms with E-state index in [-0.39, 0.29) is 18.1 Å². The maximum absolute atomic E-state index is 11.0. The molecule has 4 rings (SSSR count). The van der Waals surface area contributed by atoms with Crippen LogP contribution in [0.2, 0.25) is 0 Å². The summed E-state index contributed by atoms with van der Waals surface area (Å²) < 4.78 is 5.80. The van der Waals surface area contributed by atoms with E-state index in [0.29, 0.717) is 12.5 Å². The van der Waals surface area contributed by atoms with Crippen molar-refractivity contribution in [3.05, 3.63) is 0 Å². The summed E-state index contributed by atoms with van der Waals surface area (Å²) in [5.41, 5.74) is -0.0512. The number of hydrogen-bond acceptors (Lipinski definition) is 3. The van der Waals surface area contributed by atoms with Crippen molar-refractivity contribution in [3.8, 4) is 0 Å². The Labute approximate surface area is 83.6 Å².